The van der Waals surface area contributed by atoms with Crippen molar-refractivity contribution in [1.82, 2.24) is 14.5 Å². The summed E-state index contributed by atoms with van der Waals surface area (Å²) in [4.78, 5) is 11.0. The molecule has 200 valence electrons. The van der Waals surface area contributed by atoms with Crippen LogP contribution in [-0.4, -0.2) is 29.0 Å². The van der Waals surface area contributed by atoms with E-state index in [2.05, 4.69) is 132 Å². The Morgan fingerprint density at radius 2 is 1.16 bits per heavy atom. The molecule has 0 radical (unpaired) electrons. The number of aromatic nitrogens is 3. The average molecular weight is 631 g/mol. The molecule has 0 atom stereocenters. The second kappa shape index (κ2) is 8.85. The summed E-state index contributed by atoms with van der Waals surface area (Å²) in [5.74, 6) is 0.727. The predicted molar refractivity (Wildman–Crippen MR) is 184 cm³/mol. The van der Waals surface area contributed by atoms with Gasteiger partial charge in [-0.1, -0.05) is 0 Å². The number of hydrogen-bond acceptors (Lipinski definition) is 3. The predicted octanol–water partition coefficient (Wildman–Crippen LogP) is 10.1. The van der Waals surface area contributed by atoms with Crippen LogP contribution in [0.4, 0.5) is 0 Å². The Bertz CT molecular complexity index is 2730. The first kappa shape index (κ1) is 23.7. The van der Waals surface area contributed by atoms with Gasteiger partial charge >= 0.3 is 257 Å². The number of nitrogens with zero attached hydrogens (tertiary/aromatic N) is 3. The van der Waals surface area contributed by atoms with Gasteiger partial charge in [-0.2, -0.15) is 0 Å². The molecule has 43 heavy (non-hydrogen) atoms. The number of hydrogen-bond donors (Lipinski definition) is 0. The quantitative estimate of drug-likeness (QED) is 0.141. The van der Waals surface area contributed by atoms with Crippen LogP contribution in [0, 0.1) is 0 Å². The number of para-hydroxylation sites is 1. The molecule has 3 nitrogen and oxygen atoms in total. The van der Waals surface area contributed by atoms with Crippen molar-refractivity contribution in [1.29, 1.82) is 0 Å². The summed E-state index contributed by atoms with van der Waals surface area (Å²) >= 11 is 2.14. The van der Waals surface area contributed by atoms with Crippen molar-refractivity contribution in [2.24, 2.45) is 0 Å². The van der Waals surface area contributed by atoms with Crippen LogP contribution in [0.15, 0.2) is 127 Å². The Morgan fingerprint density at radius 3 is 1.98 bits per heavy atom. The molecule has 0 spiro atoms. The van der Waals surface area contributed by atoms with Gasteiger partial charge in [0.25, 0.3) is 0 Å². The molecule has 0 bridgehead atoms. The van der Waals surface area contributed by atoms with Crippen molar-refractivity contribution in [3.63, 3.8) is 0 Å². The Hall–Kier alpha value is -4.80. The zero-order chi connectivity index (χ0) is 28.1. The van der Waals surface area contributed by atoms with Crippen LogP contribution in [0.25, 0.3) is 89.4 Å². The molecule has 10 aromatic rings. The van der Waals surface area contributed by atoms with Gasteiger partial charge in [0.2, 0.25) is 0 Å². The van der Waals surface area contributed by atoms with Crippen molar-refractivity contribution in [2.75, 3.05) is 0 Å². The first-order chi connectivity index (χ1) is 21.3. The Kier molecular flexibility index (Phi) is 4.89. The van der Waals surface area contributed by atoms with E-state index >= 15 is 0 Å². The molecule has 0 aliphatic heterocycles. The van der Waals surface area contributed by atoms with Gasteiger partial charge in [-0.15, -0.1) is 0 Å². The maximum absolute atomic E-state index is 5.50. The molecule has 0 saturated carbocycles. The summed E-state index contributed by atoms with van der Waals surface area (Å²) < 4.78 is 7.98. The van der Waals surface area contributed by atoms with Crippen LogP contribution < -0.4 is 0 Å². The molecule has 0 fully saturated rings. The van der Waals surface area contributed by atoms with Crippen molar-refractivity contribution < 1.29 is 0 Å². The molecule has 0 unspecified atom stereocenters. The van der Waals surface area contributed by atoms with E-state index in [0.717, 1.165) is 39.0 Å². The molecular weight excluding hydrogens is 609 g/mol. The SMILES string of the molecule is c1ccc(-c2nc(-n3c4ccccc4c4sc5c6ccccc6[se]c5c43)nc3c4ccccc4c4ccccc4c23)cc1. The minimum absolute atomic E-state index is 0.221. The monoisotopic (exact) mass is 631 g/mol. The zero-order valence-electron chi connectivity index (χ0n) is 22.8. The molecular formula is C38H21N3SSe. The number of thiophene rings is 1. The number of fused-ring (bicyclic) bond motifs is 13. The molecule has 0 N–H and O–H groups in total. The standard InChI is InChI=1S/C38H21N3SSe/c1-2-12-22(13-3-1)32-31-25-16-6-4-14-23(25)24-15-5-7-17-26(24)33(31)40-38(39-32)41-29-20-10-8-18-27(29)35-34(41)37-36(42-35)28-19-9-11-21-30(28)43-37/h1-21H. The average Bonchev–Trinajstić information content (AvgIpc) is 3.72. The third-order valence-electron chi connectivity index (χ3n) is 8.61. The summed E-state index contributed by atoms with van der Waals surface area (Å²) in [6.45, 7) is 0. The fourth-order valence-electron chi connectivity index (χ4n) is 6.77. The van der Waals surface area contributed by atoms with E-state index in [1.54, 1.807) is 0 Å². The van der Waals surface area contributed by atoms with Gasteiger partial charge in [0, 0.05) is 0 Å². The minimum atomic E-state index is 0.221. The van der Waals surface area contributed by atoms with E-state index in [9.17, 15) is 0 Å². The molecule has 10 rings (SSSR count). The fraction of sp³-hybridized carbons (Fsp3) is 0. The third-order valence-corrected chi connectivity index (χ3v) is 12.6. The Balaban J connectivity index is 1.44. The van der Waals surface area contributed by atoms with Crippen LogP contribution >= 0.6 is 11.3 Å². The van der Waals surface area contributed by atoms with Gasteiger partial charge in [-0.25, -0.2) is 0 Å². The molecule has 0 aliphatic rings. The van der Waals surface area contributed by atoms with E-state index in [1.165, 1.54) is 50.4 Å². The van der Waals surface area contributed by atoms with Crippen LogP contribution in [0.5, 0.6) is 0 Å². The van der Waals surface area contributed by atoms with E-state index in [1.807, 2.05) is 11.3 Å². The van der Waals surface area contributed by atoms with Crippen molar-refractivity contribution in [2.45, 2.75) is 0 Å². The Labute approximate surface area is 256 Å². The van der Waals surface area contributed by atoms with Gasteiger partial charge < -0.3 is 0 Å². The topological polar surface area (TPSA) is 30.7 Å². The van der Waals surface area contributed by atoms with E-state index in [4.69, 9.17) is 9.97 Å². The first-order valence-corrected chi connectivity index (χ1v) is 16.9. The molecule has 5 heteroatoms. The third kappa shape index (κ3) is 3.24. The maximum atomic E-state index is 5.50. The molecule has 4 heterocycles. The summed E-state index contributed by atoms with van der Waals surface area (Å²) in [5.41, 5.74) is 5.47. The zero-order valence-corrected chi connectivity index (χ0v) is 25.3. The van der Waals surface area contributed by atoms with E-state index in [0.29, 0.717) is 0 Å². The fourth-order valence-corrected chi connectivity index (χ4v) is 11.2. The Morgan fingerprint density at radius 1 is 0.535 bits per heavy atom. The molecule has 0 saturated heterocycles. The number of benzene rings is 6. The molecule has 0 amide bonds. The van der Waals surface area contributed by atoms with Crippen LogP contribution in [0.3, 0.4) is 0 Å². The number of rotatable bonds is 2. The summed E-state index contributed by atoms with van der Waals surface area (Å²) in [6, 6.07) is 45.6. The molecule has 0 aliphatic carbocycles. The van der Waals surface area contributed by atoms with Gasteiger partial charge in [0.1, 0.15) is 0 Å². The van der Waals surface area contributed by atoms with E-state index in [-0.39, 0.29) is 14.5 Å². The van der Waals surface area contributed by atoms with Crippen molar-refractivity contribution in [3.8, 4) is 17.2 Å². The summed E-state index contributed by atoms with van der Waals surface area (Å²) in [7, 11) is 0. The second-order valence-corrected chi connectivity index (χ2v) is 14.2. The van der Waals surface area contributed by atoms with Gasteiger partial charge in [-0.3, -0.25) is 0 Å². The van der Waals surface area contributed by atoms with Crippen LogP contribution in [0.2, 0.25) is 0 Å². The van der Waals surface area contributed by atoms with Crippen molar-refractivity contribution >= 4 is 98.0 Å². The van der Waals surface area contributed by atoms with Gasteiger partial charge in [-0.05, 0) is 0 Å². The van der Waals surface area contributed by atoms with Gasteiger partial charge in [0.05, 0.1) is 0 Å². The van der Waals surface area contributed by atoms with Crippen LogP contribution in [-0.2, 0) is 0 Å². The molecule has 6 aromatic carbocycles. The normalized spacial score (nSPS) is 12.2. The van der Waals surface area contributed by atoms with Crippen molar-refractivity contribution in [3.05, 3.63) is 127 Å². The second-order valence-electron chi connectivity index (χ2n) is 10.9. The van der Waals surface area contributed by atoms with Gasteiger partial charge in [0.15, 0.2) is 0 Å². The summed E-state index contributed by atoms with van der Waals surface area (Å²) in [6.07, 6.45) is 0. The molecule has 4 aromatic heterocycles. The van der Waals surface area contributed by atoms with Crippen LogP contribution in [0.1, 0.15) is 0 Å². The summed E-state index contributed by atoms with van der Waals surface area (Å²) in [5, 5.41) is 8.52. The van der Waals surface area contributed by atoms with E-state index < -0.39 is 0 Å². The first-order valence-electron chi connectivity index (χ1n) is 14.4.